The summed E-state index contributed by atoms with van der Waals surface area (Å²) < 4.78 is 4.87. The molecule has 1 heterocycles. The van der Waals surface area contributed by atoms with Gasteiger partial charge in [0, 0.05) is 12.7 Å². The molecule has 0 atom stereocenters. The number of ether oxygens (including phenoxy) is 1. The van der Waals surface area contributed by atoms with Gasteiger partial charge in [0.25, 0.3) is 5.91 Å². The minimum atomic E-state index is -0.346. The minimum absolute atomic E-state index is 0.169. The van der Waals surface area contributed by atoms with E-state index in [9.17, 15) is 4.79 Å². The van der Waals surface area contributed by atoms with Crippen LogP contribution in [0.4, 0.5) is 0 Å². The molecule has 15 heavy (non-hydrogen) atoms. The minimum Gasteiger partial charge on any atom is -0.467 e. The van der Waals surface area contributed by atoms with Crippen LogP contribution in [0, 0.1) is 6.92 Å². The second-order valence-electron chi connectivity index (χ2n) is 2.87. The van der Waals surface area contributed by atoms with Crippen molar-refractivity contribution in [3.05, 3.63) is 17.5 Å². The Morgan fingerprint density at radius 2 is 2.07 bits per heavy atom. The van der Waals surface area contributed by atoms with Gasteiger partial charge in [-0.1, -0.05) is 0 Å². The first-order chi connectivity index (χ1) is 7.08. The van der Waals surface area contributed by atoms with Gasteiger partial charge in [0.1, 0.15) is 5.69 Å². The molecule has 0 aliphatic carbocycles. The third-order valence-electron chi connectivity index (χ3n) is 1.80. The number of amides is 1. The number of rotatable bonds is 3. The Morgan fingerprint density at radius 1 is 1.40 bits per heavy atom. The molecule has 6 nitrogen and oxygen atoms in total. The highest BCUT2D eigenvalue weighted by Crippen LogP contribution is 2.08. The summed E-state index contributed by atoms with van der Waals surface area (Å²) in [5.41, 5.74) is 0.901. The number of aromatic nitrogens is 2. The Morgan fingerprint density at radius 3 is 2.60 bits per heavy atom. The fourth-order valence-corrected chi connectivity index (χ4v) is 0.986. The molecule has 0 spiro atoms. The van der Waals surface area contributed by atoms with Gasteiger partial charge < -0.3 is 4.74 Å². The summed E-state index contributed by atoms with van der Waals surface area (Å²) in [7, 11) is 4.36. The third-order valence-corrected chi connectivity index (χ3v) is 1.80. The molecule has 1 aromatic rings. The predicted octanol–water partition coefficient (Wildman–Crippen LogP) is 0.427. The van der Waals surface area contributed by atoms with Crippen molar-refractivity contribution in [1.29, 1.82) is 0 Å². The number of hydroxylamine groups is 2. The molecule has 0 unspecified atom stereocenters. The summed E-state index contributed by atoms with van der Waals surface area (Å²) in [4.78, 5) is 24.3. The fraction of sp³-hybridized carbons (Fsp3) is 0.444. The molecule has 6 heteroatoms. The largest absolute Gasteiger partial charge is 0.467 e. The molecular formula is C9H13N3O3. The molecule has 1 aromatic heterocycles. The predicted molar refractivity (Wildman–Crippen MR) is 52.4 cm³/mol. The van der Waals surface area contributed by atoms with Gasteiger partial charge in [0.15, 0.2) is 0 Å². The maximum absolute atomic E-state index is 11.7. The second kappa shape index (κ2) is 4.70. The van der Waals surface area contributed by atoms with Crippen molar-refractivity contribution in [2.24, 2.45) is 0 Å². The summed E-state index contributed by atoms with van der Waals surface area (Å²) in [6.45, 7) is 1.76. The summed E-state index contributed by atoms with van der Waals surface area (Å²) in [5.74, 6) is -0.346. The molecule has 1 rings (SSSR count). The van der Waals surface area contributed by atoms with E-state index in [4.69, 9.17) is 9.57 Å². The van der Waals surface area contributed by atoms with Gasteiger partial charge in [-0.05, 0) is 13.0 Å². The molecular weight excluding hydrogens is 198 g/mol. The van der Waals surface area contributed by atoms with E-state index in [1.807, 2.05) is 0 Å². The van der Waals surface area contributed by atoms with Gasteiger partial charge >= 0.3 is 6.01 Å². The maximum atomic E-state index is 11.7. The number of nitrogens with zero attached hydrogens (tertiary/aromatic N) is 3. The Balaban J connectivity index is 3.03. The molecule has 0 aromatic carbocycles. The first kappa shape index (κ1) is 11.4. The summed E-state index contributed by atoms with van der Waals surface area (Å²) >= 11 is 0. The van der Waals surface area contributed by atoms with Crippen molar-refractivity contribution < 1.29 is 14.4 Å². The smallest absolute Gasteiger partial charge is 0.317 e. The highest BCUT2D eigenvalue weighted by Gasteiger charge is 2.15. The van der Waals surface area contributed by atoms with Crippen molar-refractivity contribution >= 4 is 5.91 Å². The molecule has 0 aliphatic heterocycles. The molecule has 0 bridgehead atoms. The van der Waals surface area contributed by atoms with E-state index < -0.39 is 0 Å². The average molecular weight is 211 g/mol. The summed E-state index contributed by atoms with van der Waals surface area (Å²) in [5, 5.41) is 1.08. The molecule has 1 amide bonds. The van der Waals surface area contributed by atoms with Gasteiger partial charge in [-0.25, -0.2) is 10.0 Å². The Labute approximate surface area is 87.8 Å². The quantitative estimate of drug-likeness (QED) is 0.678. The molecule has 0 fully saturated rings. The molecule has 0 radical (unpaired) electrons. The van der Waals surface area contributed by atoms with Crippen LogP contribution in [0.15, 0.2) is 6.07 Å². The first-order valence-electron chi connectivity index (χ1n) is 4.30. The summed E-state index contributed by atoms with van der Waals surface area (Å²) in [6.07, 6.45) is 0. The van der Waals surface area contributed by atoms with Gasteiger partial charge in [-0.15, -0.1) is 0 Å². The van der Waals surface area contributed by atoms with Crippen LogP contribution in [0.2, 0.25) is 0 Å². The SMILES string of the molecule is COc1nc(C)cc(C(=O)N(C)OC)n1. The Bertz CT molecular complexity index is 368. The fourth-order valence-electron chi connectivity index (χ4n) is 0.986. The zero-order chi connectivity index (χ0) is 11.4. The van der Waals surface area contributed by atoms with E-state index in [1.54, 1.807) is 13.0 Å². The third kappa shape index (κ3) is 2.63. The Hall–Kier alpha value is -1.69. The maximum Gasteiger partial charge on any atom is 0.317 e. The topological polar surface area (TPSA) is 64.5 Å². The standard InChI is InChI=1S/C9H13N3O3/c1-6-5-7(8(13)12(2)15-4)11-9(10-6)14-3/h5H,1-4H3. The van der Waals surface area contributed by atoms with Crippen molar-refractivity contribution in [1.82, 2.24) is 15.0 Å². The normalized spacial score (nSPS) is 9.87. The van der Waals surface area contributed by atoms with Crippen LogP contribution in [0.3, 0.4) is 0 Å². The number of hydrogen-bond acceptors (Lipinski definition) is 5. The number of carbonyl (C=O) groups excluding carboxylic acids is 1. The highest BCUT2D eigenvalue weighted by molar-refractivity contribution is 5.91. The van der Waals surface area contributed by atoms with Gasteiger partial charge in [-0.3, -0.25) is 9.63 Å². The number of methoxy groups -OCH3 is 1. The zero-order valence-corrected chi connectivity index (χ0v) is 9.14. The monoisotopic (exact) mass is 211 g/mol. The van der Waals surface area contributed by atoms with E-state index in [-0.39, 0.29) is 17.6 Å². The number of aryl methyl sites for hydroxylation is 1. The lowest BCUT2D eigenvalue weighted by molar-refractivity contribution is -0.0761. The van der Waals surface area contributed by atoms with Crippen LogP contribution in [-0.4, -0.2) is 42.2 Å². The van der Waals surface area contributed by atoms with Crippen molar-refractivity contribution in [2.45, 2.75) is 6.92 Å². The van der Waals surface area contributed by atoms with Gasteiger partial charge in [0.05, 0.1) is 14.2 Å². The number of carbonyl (C=O) groups is 1. The molecule has 0 saturated heterocycles. The Kier molecular flexibility index (Phi) is 3.56. The van der Waals surface area contributed by atoms with Crippen LogP contribution >= 0.6 is 0 Å². The van der Waals surface area contributed by atoms with Crippen molar-refractivity contribution in [3.63, 3.8) is 0 Å². The van der Waals surface area contributed by atoms with Crippen LogP contribution in [0.1, 0.15) is 16.2 Å². The van der Waals surface area contributed by atoms with Crippen molar-refractivity contribution in [2.75, 3.05) is 21.3 Å². The zero-order valence-electron chi connectivity index (χ0n) is 9.14. The van der Waals surface area contributed by atoms with Crippen LogP contribution in [0.5, 0.6) is 6.01 Å². The number of hydrogen-bond donors (Lipinski definition) is 0. The van der Waals surface area contributed by atoms with Crippen molar-refractivity contribution in [3.8, 4) is 6.01 Å². The molecule has 0 aliphatic rings. The van der Waals surface area contributed by atoms with E-state index in [0.717, 1.165) is 5.06 Å². The van der Waals surface area contributed by atoms with Gasteiger partial charge in [-0.2, -0.15) is 4.98 Å². The van der Waals surface area contributed by atoms with Crippen LogP contribution in [0.25, 0.3) is 0 Å². The average Bonchev–Trinajstić information content (AvgIpc) is 2.26. The lowest BCUT2D eigenvalue weighted by atomic mass is 10.3. The van der Waals surface area contributed by atoms with E-state index in [1.165, 1.54) is 21.3 Å². The van der Waals surface area contributed by atoms with Gasteiger partial charge in [0.2, 0.25) is 0 Å². The molecule has 0 N–H and O–H groups in total. The van der Waals surface area contributed by atoms with E-state index in [0.29, 0.717) is 5.69 Å². The lowest BCUT2D eigenvalue weighted by Crippen LogP contribution is -2.26. The molecule has 82 valence electrons. The second-order valence-corrected chi connectivity index (χ2v) is 2.87. The molecule has 0 saturated carbocycles. The first-order valence-corrected chi connectivity index (χ1v) is 4.30. The highest BCUT2D eigenvalue weighted by atomic mass is 16.7. The van der Waals surface area contributed by atoms with E-state index >= 15 is 0 Å². The van der Waals surface area contributed by atoms with E-state index in [2.05, 4.69) is 9.97 Å². The lowest BCUT2D eigenvalue weighted by Gasteiger charge is -2.13. The summed E-state index contributed by atoms with van der Waals surface area (Å²) in [6, 6.07) is 1.74. The van der Waals surface area contributed by atoms with Crippen LogP contribution in [-0.2, 0) is 4.84 Å². The van der Waals surface area contributed by atoms with Crippen LogP contribution < -0.4 is 4.74 Å².